The summed E-state index contributed by atoms with van der Waals surface area (Å²) in [5.74, 6) is -2.99. The number of sulfonamides is 1. The van der Waals surface area contributed by atoms with Crippen molar-refractivity contribution in [2.45, 2.75) is 111 Å². The lowest BCUT2D eigenvalue weighted by Crippen LogP contribution is -2.62. The monoisotopic (exact) mass is 955 g/mol. The number of ether oxygens (including phenoxy) is 1. The third kappa shape index (κ3) is 10.8. The normalized spacial score (nSPS) is 21.0. The number of pyridine rings is 1. The predicted molar refractivity (Wildman–Crippen MR) is 263 cm³/mol. The zero-order chi connectivity index (χ0) is 49.4. The van der Waals surface area contributed by atoms with Crippen molar-refractivity contribution in [2.75, 3.05) is 53.3 Å². The summed E-state index contributed by atoms with van der Waals surface area (Å²) in [6.07, 6.45) is 3.62. The first-order chi connectivity index (χ1) is 32.1. The zero-order valence-corrected chi connectivity index (χ0v) is 42.2. The quantitative estimate of drug-likeness (QED) is 0.161. The molecular formula is C51H70N8O8S. The van der Waals surface area contributed by atoms with Gasteiger partial charge in [0.1, 0.15) is 29.8 Å². The third-order valence-corrected chi connectivity index (χ3v) is 15.4. The van der Waals surface area contributed by atoms with Gasteiger partial charge in [-0.25, -0.2) is 13.8 Å². The highest BCUT2D eigenvalue weighted by Crippen LogP contribution is 2.42. The average Bonchev–Trinajstić information content (AvgIpc) is 3.90. The first-order valence-electron chi connectivity index (χ1n) is 24.0. The van der Waals surface area contributed by atoms with Crippen LogP contribution in [0.5, 0.6) is 5.75 Å². The molecule has 0 aliphatic carbocycles. The van der Waals surface area contributed by atoms with E-state index in [0.717, 1.165) is 44.5 Å². The number of rotatable bonds is 11. The molecule has 3 aliphatic rings. The van der Waals surface area contributed by atoms with E-state index < -0.39 is 63.2 Å². The summed E-state index contributed by atoms with van der Waals surface area (Å²) in [6, 6.07) is 12.5. The van der Waals surface area contributed by atoms with Gasteiger partial charge in [0.25, 0.3) is 5.91 Å². The number of aromatic nitrogens is 2. The molecule has 2 aromatic heterocycles. The summed E-state index contributed by atoms with van der Waals surface area (Å²) in [5.41, 5.74) is 9.94. The van der Waals surface area contributed by atoms with Crippen LogP contribution in [0, 0.1) is 17.3 Å². The molecule has 3 aliphatic heterocycles. The molecule has 4 atom stereocenters. The molecule has 0 spiro atoms. The Kier molecular flexibility index (Phi) is 15.1. The fourth-order valence-corrected chi connectivity index (χ4v) is 11.9. The summed E-state index contributed by atoms with van der Waals surface area (Å²) < 4.78 is 35.8. The maximum atomic E-state index is 14.8. The van der Waals surface area contributed by atoms with Gasteiger partial charge < -0.3 is 24.6 Å². The van der Waals surface area contributed by atoms with Crippen LogP contribution in [0.4, 0.5) is 0 Å². The van der Waals surface area contributed by atoms with Gasteiger partial charge in [0.2, 0.25) is 21.8 Å². The summed E-state index contributed by atoms with van der Waals surface area (Å²) in [4.78, 5) is 65.1. The third-order valence-electron chi connectivity index (χ3n) is 13.5. The SMILES string of the molecule is CCn1c(-c2cccnc2C(C)C)c2c3cc(ccc31)-c1cc(O)cc(c1)C[C@H](NC(=O)[C@H](C(C)C)N(C)C(=O)[C@H]1CCN(S(=O)(=O)CN(C)C)C1)C(=O)N1CCC[C@H](N1)C(=O)OCC(C)(C)C2. The molecule has 2 saturated heterocycles. The van der Waals surface area contributed by atoms with Crippen molar-refractivity contribution in [1.29, 1.82) is 0 Å². The van der Waals surface area contributed by atoms with Crippen molar-refractivity contribution < 1.29 is 37.4 Å². The van der Waals surface area contributed by atoms with Crippen molar-refractivity contribution >= 4 is 44.6 Å². The van der Waals surface area contributed by atoms with Gasteiger partial charge in [0.05, 0.1) is 23.9 Å². The number of likely N-dealkylation sites (N-methyl/N-ethyl adjacent to an activating group) is 1. The molecular weight excluding hydrogens is 885 g/mol. The van der Waals surface area contributed by atoms with Crippen LogP contribution in [0.3, 0.4) is 0 Å². The second kappa shape index (κ2) is 20.3. The molecule has 2 aromatic carbocycles. The standard InChI is InChI=1S/C51H70N8O8S/c1-11-58-43-17-16-34-26-39(43)40(46(58)38-14-12-19-52-44(38)31(2)3)27-51(6,7)29-67-50(64)41-15-13-20-59(54-41)49(63)42(24-33-22-36(34)25-37(60)23-33)53-47(61)45(32(4)5)56(10)48(62)35-18-21-57(28-35)68(65,66)30-55(8)9/h12,14,16-17,19,22-23,25-26,31-32,35,41-42,45,54,60H,11,13,15,18,20-21,24,27-30H2,1-10H3,(H,53,61)/t35-,41-,42-,45-/m0/s1. The van der Waals surface area contributed by atoms with Gasteiger partial charge in [-0.1, -0.05) is 53.7 Å². The van der Waals surface area contributed by atoms with E-state index in [-0.39, 0.29) is 56.1 Å². The second-order valence-electron chi connectivity index (χ2n) is 20.6. The van der Waals surface area contributed by atoms with E-state index >= 15 is 0 Å². The number of phenolic OH excluding ortho intramolecular Hbond substituents is 1. The highest BCUT2D eigenvalue weighted by atomic mass is 32.2. The van der Waals surface area contributed by atoms with Crippen molar-refractivity contribution in [3.05, 3.63) is 71.5 Å². The number of fused-ring (bicyclic) bond motifs is 6. The Bertz CT molecular complexity index is 2660. The van der Waals surface area contributed by atoms with Gasteiger partial charge in [0, 0.05) is 67.7 Å². The van der Waals surface area contributed by atoms with Crippen LogP contribution in [0.1, 0.15) is 90.5 Å². The largest absolute Gasteiger partial charge is 0.508 e. The minimum Gasteiger partial charge on any atom is -0.508 e. The molecule has 16 nitrogen and oxygen atoms in total. The lowest BCUT2D eigenvalue weighted by Gasteiger charge is -2.37. The minimum absolute atomic E-state index is 0.0118. The van der Waals surface area contributed by atoms with Crippen LogP contribution >= 0.6 is 0 Å². The average molecular weight is 955 g/mol. The number of nitrogens with zero attached hydrogens (tertiary/aromatic N) is 6. The van der Waals surface area contributed by atoms with Crippen LogP contribution in [0.2, 0.25) is 0 Å². The number of cyclic esters (lactones) is 1. The van der Waals surface area contributed by atoms with E-state index in [1.807, 2.05) is 38.2 Å². The number of amides is 3. The van der Waals surface area contributed by atoms with Crippen LogP contribution < -0.4 is 10.7 Å². The first-order valence-corrected chi connectivity index (χ1v) is 25.6. The van der Waals surface area contributed by atoms with Crippen molar-refractivity contribution in [2.24, 2.45) is 17.3 Å². The number of hydrazine groups is 1. The summed E-state index contributed by atoms with van der Waals surface area (Å²) in [6.45, 7) is 15.5. The smallest absolute Gasteiger partial charge is 0.324 e. The van der Waals surface area contributed by atoms with E-state index in [9.17, 15) is 32.7 Å². The lowest BCUT2D eigenvalue weighted by atomic mass is 9.83. The lowest BCUT2D eigenvalue weighted by molar-refractivity contribution is -0.155. The van der Waals surface area contributed by atoms with Crippen LogP contribution in [0.15, 0.2) is 54.7 Å². The maximum Gasteiger partial charge on any atom is 0.324 e. The maximum absolute atomic E-state index is 14.8. The molecule has 0 unspecified atom stereocenters. The number of aromatic hydroxyl groups is 1. The molecule has 0 saturated carbocycles. The Hall–Kier alpha value is -5.36. The molecule has 68 heavy (non-hydrogen) atoms. The van der Waals surface area contributed by atoms with Crippen LogP contribution in [-0.4, -0.2) is 137 Å². The number of phenols is 1. The van der Waals surface area contributed by atoms with Crippen LogP contribution in [-0.2, 0) is 53.3 Å². The Balaban J connectivity index is 1.28. The Morgan fingerprint density at radius 2 is 1.76 bits per heavy atom. The summed E-state index contributed by atoms with van der Waals surface area (Å²) in [5, 5.41) is 16.7. The number of benzene rings is 2. The zero-order valence-electron chi connectivity index (χ0n) is 41.3. The minimum atomic E-state index is -3.63. The molecule has 17 heteroatoms. The van der Waals surface area contributed by atoms with E-state index in [1.165, 1.54) is 14.2 Å². The Morgan fingerprint density at radius 1 is 1.01 bits per heavy atom. The van der Waals surface area contributed by atoms with E-state index in [0.29, 0.717) is 37.8 Å². The molecule has 3 N–H and O–H groups in total. The van der Waals surface area contributed by atoms with Gasteiger partial charge in [-0.3, -0.25) is 34.1 Å². The fraction of sp³-hybridized carbons (Fsp3) is 0.549. The molecule has 0 radical (unpaired) electrons. The topological polar surface area (TPSA) is 187 Å². The summed E-state index contributed by atoms with van der Waals surface area (Å²) in [7, 11) is 1.26. The van der Waals surface area contributed by atoms with Crippen molar-refractivity contribution in [3.8, 4) is 28.1 Å². The summed E-state index contributed by atoms with van der Waals surface area (Å²) >= 11 is 0. The van der Waals surface area contributed by atoms with Gasteiger partial charge in [-0.05, 0) is 117 Å². The van der Waals surface area contributed by atoms with Gasteiger partial charge in [0.15, 0.2) is 0 Å². The molecule has 4 aromatic rings. The highest BCUT2D eigenvalue weighted by Gasteiger charge is 2.41. The molecule has 5 heterocycles. The molecule has 368 valence electrons. The molecule has 3 amide bonds. The Labute approximate surface area is 401 Å². The number of hydrogen-bond acceptors (Lipinski definition) is 11. The predicted octanol–water partition coefficient (Wildman–Crippen LogP) is 5.52. The van der Waals surface area contributed by atoms with Crippen molar-refractivity contribution in [1.82, 2.24) is 39.4 Å². The Morgan fingerprint density at radius 3 is 2.46 bits per heavy atom. The number of carbonyl (C=O) groups excluding carboxylic acids is 4. The first kappa shape index (κ1) is 50.5. The van der Waals surface area contributed by atoms with E-state index in [1.54, 1.807) is 38.2 Å². The number of nitrogens with one attached hydrogen (secondary N) is 2. The molecule has 2 fully saturated rings. The van der Waals surface area contributed by atoms with Gasteiger partial charge in [-0.15, -0.1) is 0 Å². The molecule has 7 rings (SSSR count). The fourth-order valence-electron chi connectivity index (χ4n) is 10.3. The number of hydrogen-bond donors (Lipinski definition) is 3. The number of esters is 1. The number of aryl methyl sites for hydroxylation is 1. The molecule has 6 bridgehead atoms. The van der Waals surface area contributed by atoms with Gasteiger partial charge in [-0.2, -0.15) is 4.31 Å². The highest BCUT2D eigenvalue weighted by molar-refractivity contribution is 7.89. The van der Waals surface area contributed by atoms with Gasteiger partial charge >= 0.3 is 5.97 Å². The second-order valence-corrected chi connectivity index (χ2v) is 22.6. The van der Waals surface area contributed by atoms with Crippen molar-refractivity contribution in [3.63, 3.8) is 0 Å². The van der Waals surface area contributed by atoms with E-state index in [4.69, 9.17) is 9.72 Å². The van der Waals surface area contributed by atoms with E-state index in [2.05, 4.69) is 68.1 Å². The van der Waals surface area contributed by atoms with Crippen LogP contribution in [0.25, 0.3) is 33.3 Å². The number of carbonyl (C=O) groups is 4.